The molecule has 26 heavy (non-hydrogen) atoms. The Hall–Kier alpha value is -2.51. The zero-order chi connectivity index (χ0) is 18.4. The third-order valence-electron chi connectivity index (χ3n) is 3.70. The van der Waals surface area contributed by atoms with E-state index < -0.39 is 0 Å². The van der Waals surface area contributed by atoms with E-state index in [-0.39, 0.29) is 12.6 Å². The normalized spacial score (nSPS) is 11.8. The van der Waals surface area contributed by atoms with Crippen molar-refractivity contribution in [3.8, 4) is 11.3 Å². The van der Waals surface area contributed by atoms with Crippen LogP contribution >= 0.6 is 15.9 Å². The highest BCUT2D eigenvalue weighted by atomic mass is 79.9. The number of aliphatic hydroxyl groups excluding tert-OH is 1. The van der Waals surface area contributed by atoms with Gasteiger partial charge in [0, 0.05) is 41.1 Å². The third-order valence-corrected chi connectivity index (χ3v) is 4.19. The van der Waals surface area contributed by atoms with Gasteiger partial charge in [-0.15, -0.1) is 0 Å². The van der Waals surface area contributed by atoms with Gasteiger partial charge in [-0.2, -0.15) is 4.98 Å². The van der Waals surface area contributed by atoms with Crippen LogP contribution in [0.2, 0.25) is 0 Å². The van der Waals surface area contributed by atoms with Gasteiger partial charge >= 0.3 is 0 Å². The van der Waals surface area contributed by atoms with E-state index in [0.29, 0.717) is 18.3 Å². The molecule has 1 aromatic carbocycles. The number of hydrogen-bond donors (Lipinski definition) is 3. The summed E-state index contributed by atoms with van der Waals surface area (Å²) in [6, 6.07) is 13.7. The Morgan fingerprint density at radius 3 is 2.77 bits per heavy atom. The fourth-order valence-corrected chi connectivity index (χ4v) is 2.82. The van der Waals surface area contributed by atoms with E-state index in [1.54, 1.807) is 12.4 Å². The molecule has 0 saturated heterocycles. The summed E-state index contributed by atoms with van der Waals surface area (Å²) >= 11 is 3.48. The van der Waals surface area contributed by atoms with Crippen molar-refractivity contribution in [1.29, 1.82) is 0 Å². The van der Waals surface area contributed by atoms with Gasteiger partial charge in [-0.25, -0.2) is 4.98 Å². The van der Waals surface area contributed by atoms with E-state index in [0.717, 1.165) is 21.3 Å². The van der Waals surface area contributed by atoms with Crippen molar-refractivity contribution in [2.45, 2.75) is 19.5 Å². The maximum Gasteiger partial charge on any atom is 0.225 e. The van der Waals surface area contributed by atoms with Gasteiger partial charge in [0.2, 0.25) is 5.95 Å². The van der Waals surface area contributed by atoms with Gasteiger partial charge in [0.25, 0.3) is 0 Å². The van der Waals surface area contributed by atoms with Crippen LogP contribution in [0, 0.1) is 0 Å². The number of nitrogens with zero attached hydrogens (tertiary/aromatic N) is 3. The van der Waals surface area contributed by atoms with Crippen molar-refractivity contribution in [2.75, 3.05) is 17.2 Å². The van der Waals surface area contributed by atoms with Crippen LogP contribution in [-0.4, -0.2) is 32.7 Å². The van der Waals surface area contributed by atoms with Crippen molar-refractivity contribution in [2.24, 2.45) is 0 Å². The monoisotopic (exact) mass is 413 g/mol. The molecule has 3 aromatic rings. The van der Waals surface area contributed by atoms with E-state index >= 15 is 0 Å². The molecule has 6 nitrogen and oxygen atoms in total. The maximum absolute atomic E-state index is 9.28. The van der Waals surface area contributed by atoms with Crippen LogP contribution in [0.1, 0.15) is 12.5 Å². The molecule has 0 spiro atoms. The van der Waals surface area contributed by atoms with Gasteiger partial charge in [-0.3, -0.25) is 4.98 Å². The molecule has 134 valence electrons. The van der Waals surface area contributed by atoms with Gasteiger partial charge in [0.05, 0.1) is 12.3 Å². The number of benzene rings is 1. The lowest BCUT2D eigenvalue weighted by atomic mass is 10.2. The first kappa shape index (κ1) is 18.3. The number of aliphatic hydroxyl groups is 1. The van der Waals surface area contributed by atoms with Crippen molar-refractivity contribution in [3.63, 3.8) is 0 Å². The minimum absolute atomic E-state index is 0.00127. The van der Waals surface area contributed by atoms with Crippen molar-refractivity contribution in [1.82, 2.24) is 15.0 Å². The molecule has 1 atom stereocenters. The molecule has 3 N–H and O–H groups in total. The fourth-order valence-electron chi connectivity index (χ4n) is 2.37. The largest absolute Gasteiger partial charge is 0.394 e. The van der Waals surface area contributed by atoms with Crippen LogP contribution in [0.4, 0.5) is 11.8 Å². The van der Waals surface area contributed by atoms with Crippen LogP contribution in [0.15, 0.2) is 59.3 Å². The zero-order valence-electron chi connectivity index (χ0n) is 14.4. The van der Waals surface area contributed by atoms with E-state index in [4.69, 9.17) is 0 Å². The molecular weight excluding hydrogens is 394 g/mol. The summed E-state index contributed by atoms with van der Waals surface area (Å²) in [5.41, 5.74) is 2.80. The molecule has 0 aliphatic carbocycles. The van der Waals surface area contributed by atoms with Crippen molar-refractivity contribution < 1.29 is 5.11 Å². The van der Waals surface area contributed by atoms with Crippen LogP contribution in [0.25, 0.3) is 11.3 Å². The SMILES string of the molecule is C[C@H](CO)Nc1nc(NCc2cccc(Br)c2)cc(-c2cccnc2)n1. The number of anilines is 2. The number of hydrogen-bond acceptors (Lipinski definition) is 6. The summed E-state index contributed by atoms with van der Waals surface area (Å²) in [6.07, 6.45) is 3.49. The Bertz CT molecular complexity index is 860. The molecule has 0 unspecified atom stereocenters. The quantitative estimate of drug-likeness (QED) is 0.547. The molecule has 7 heteroatoms. The molecule has 2 aromatic heterocycles. The lowest BCUT2D eigenvalue weighted by Crippen LogP contribution is -2.21. The minimum atomic E-state index is -0.142. The molecule has 3 rings (SSSR count). The molecule has 0 aliphatic heterocycles. The van der Waals surface area contributed by atoms with E-state index in [1.807, 2.05) is 43.3 Å². The van der Waals surface area contributed by atoms with Gasteiger partial charge in [0.15, 0.2) is 0 Å². The molecule has 2 heterocycles. The van der Waals surface area contributed by atoms with Gasteiger partial charge in [-0.05, 0) is 36.8 Å². The summed E-state index contributed by atoms with van der Waals surface area (Å²) in [5.74, 6) is 1.16. The van der Waals surface area contributed by atoms with E-state index in [9.17, 15) is 5.11 Å². The minimum Gasteiger partial charge on any atom is -0.394 e. The van der Waals surface area contributed by atoms with Crippen LogP contribution < -0.4 is 10.6 Å². The zero-order valence-corrected chi connectivity index (χ0v) is 15.9. The highest BCUT2D eigenvalue weighted by Gasteiger charge is 2.09. The predicted molar refractivity (Wildman–Crippen MR) is 107 cm³/mol. The smallest absolute Gasteiger partial charge is 0.225 e. The van der Waals surface area contributed by atoms with E-state index in [2.05, 4.69) is 47.6 Å². The maximum atomic E-state index is 9.28. The number of rotatable bonds is 7. The highest BCUT2D eigenvalue weighted by molar-refractivity contribution is 9.10. The molecule has 0 bridgehead atoms. The lowest BCUT2D eigenvalue weighted by molar-refractivity contribution is 0.281. The van der Waals surface area contributed by atoms with Crippen LogP contribution in [0.5, 0.6) is 0 Å². The van der Waals surface area contributed by atoms with Crippen LogP contribution in [0.3, 0.4) is 0 Å². The first-order valence-electron chi connectivity index (χ1n) is 8.29. The molecular formula is C19H20BrN5O. The Labute approximate surface area is 160 Å². The average Bonchev–Trinajstić information content (AvgIpc) is 2.67. The average molecular weight is 414 g/mol. The molecule has 0 aliphatic rings. The first-order valence-corrected chi connectivity index (χ1v) is 9.08. The number of halogens is 1. The van der Waals surface area contributed by atoms with Crippen molar-refractivity contribution in [3.05, 3.63) is 64.9 Å². The summed E-state index contributed by atoms with van der Waals surface area (Å²) in [6.45, 7) is 2.51. The Morgan fingerprint density at radius 2 is 2.04 bits per heavy atom. The second-order valence-electron chi connectivity index (χ2n) is 5.92. The Morgan fingerprint density at radius 1 is 1.15 bits per heavy atom. The van der Waals surface area contributed by atoms with Crippen molar-refractivity contribution >= 4 is 27.7 Å². The number of pyridine rings is 1. The summed E-state index contributed by atoms with van der Waals surface area (Å²) in [7, 11) is 0. The molecule has 0 saturated carbocycles. The van der Waals surface area contributed by atoms with Gasteiger partial charge < -0.3 is 15.7 Å². The lowest BCUT2D eigenvalue weighted by Gasteiger charge is -2.14. The van der Waals surface area contributed by atoms with Crippen LogP contribution in [-0.2, 0) is 6.54 Å². The Kier molecular flexibility index (Phi) is 6.14. The summed E-state index contributed by atoms with van der Waals surface area (Å²) < 4.78 is 1.04. The second kappa shape index (κ2) is 8.73. The standard InChI is InChI=1S/C19H20BrN5O/c1-13(12-26)23-19-24-17(15-5-3-7-21-11-15)9-18(25-19)22-10-14-4-2-6-16(20)8-14/h2-9,11,13,26H,10,12H2,1H3,(H2,22,23,24,25)/t13-/m1/s1. The predicted octanol–water partition coefficient (Wildman–Crippen LogP) is 3.71. The highest BCUT2D eigenvalue weighted by Crippen LogP contribution is 2.21. The third kappa shape index (κ3) is 5.00. The second-order valence-corrected chi connectivity index (χ2v) is 6.83. The molecule has 0 amide bonds. The number of nitrogens with one attached hydrogen (secondary N) is 2. The summed E-state index contributed by atoms with van der Waals surface area (Å²) in [5, 5.41) is 15.7. The molecule has 0 fully saturated rings. The topological polar surface area (TPSA) is 83.0 Å². The van der Waals surface area contributed by atoms with Gasteiger partial charge in [0.1, 0.15) is 5.82 Å². The summed E-state index contributed by atoms with van der Waals surface area (Å²) in [4.78, 5) is 13.2. The number of aromatic nitrogens is 3. The molecule has 0 radical (unpaired) electrons. The van der Waals surface area contributed by atoms with E-state index in [1.165, 1.54) is 0 Å². The first-order chi connectivity index (χ1) is 12.6. The Balaban J connectivity index is 1.86. The van der Waals surface area contributed by atoms with Gasteiger partial charge in [-0.1, -0.05) is 28.1 Å². The fraction of sp³-hybridized carbons (Fsp3) is 0.211.